The van der Waals surface area contributed by atoms with Gasteiger partial charge in [0.15, 0.2) is 0 Å². The third kappa shape index (κ3) is 17.6. The quantitative estimate of drug-likeness (QED) is 0.637. The maximum Gasteiger partial charge on any atom is 0.692 e. The van der Waals surface area contributed by atoms with Crippen molar-refractivity contribution in [2.24, 2.45) is 0 Å². The van der Waals surface area contributed by atoms with Crippen LogP contribution in [0.4, 0.5) is 0 Å². The van der Waals surface area contributed by atoms with Gasteiger partial charge in [0.05, 0.1) is 0 Å². The van der Waals surface area contributed by atoms with E-state index in [0.29, 0.717) is 0 Å². The van der Waals surface area contributed by atoms with Gasteiger partial charge in [0.2, 0.25) is 0 Å². The molecule has 62 valence electrons. The molecule has 0 saturated carbocycles. The Kier molecular flexibility index (Phi) is 10.4. The van der Waals surface area contributed by atoms with E-state index in [9.17, 15) is 0 Å². The van der Waals surface area contributed by atoms with Crippen molar-refractivity contribution < 1.29 is 14.4 Å². The van der Waals surface area contributed by atoms with Gasteiger partial charge in [-0.15, -0.1) is 9.79 Å². The zero-order valence-corrected chi connectivity index (χ0v) is 6.94. The van der Waals surface area contributed by atoms with Crippen LogP contribution in [0.15, 0.2) is 38.3 Å². The zero-order chi connectivity index (χ0) is 9.28. The van der Waals surface area contributed by atoms with E-state index >= 15 is 0 Å². The first-order valence-electron chi connectivity index (χ1n) is 2.58. The minimum absolute atomic E-state index is 1.62. The average Bonchev–Trinajstić information content (AvgIpc) is 1.90. The monoisotopic (exact) mass is 176 g/mol. The van der Waals surface area contributed by atoms with Crippen molar-refractivity contribution in [3.05, 3.63) is 38.3 Å². The van der Waals surface area contributed by atoms with Gasteiger partial charge in [-0.25, -0.2) is 0 Å². The molecule has 0 aromatic carbocycles. The summed E-state index contributed by atoms with van der Waals surface area (Å²) in [5, 5.41) is 0. The summed E-state index contributed by atoms with van der Waals surface area (Å²) >= 11 is 0. The second kappa shape index (κ2) is 9.04. The van der Waals surface area contributed by atoms with E-state index in [2.05, 4.69) is 19.7 Å². The topological polar surface area (TPSA) is 60.8 Å². The summed E-state index contributed by atoms with van der Waals surface area (Å²) in [4.78, 5) is 15.9. The van der Waals surface area contributed by atoms with Gasteiger partial charge in [-0.05, 0) is 0 Å². The Morgan fingerprint density at radius 1 is 1.09 bits per heavy atom. The van der Waals surface area contributed by atoms with Gasteiger partial charge in [-0.1, -0.05) is 19.7 Å². The number of nitrogens with zero attached hydrogens (tertiary/aromatic N) is 1. The summed E-state index contributed by atoms with van der Waals surface area (Å²) in [5.74, 6) is 0. The average molecular weight is 176 g/mol. The largest absolute Gasteiger partial charge is 0.692 e. The minimum Gasteiger partial charge on any atom is -0.332 e. The van der Waals surface area contributed by atoms with E-state index in [1.54, 1.807) is 23.5 Å². The zero-order valence-electron chi connectivity index (χ0n) is 6.05. The van der Waals surface area contributed by atoms with Crippen molar-refractivity contribution in [1.82, 2.24) is 4.90 Å². The number of rotatable bonds is 3. The standard InChI is InChI=1S/C6H9N.HO3P/c1-4-7(5-2)6-3;1-4(2)3/h4-6H,1-3H2;(H-,1,2,3)/p+1. The molecule has 0 aliphatic carbocycles. The van der Waals surface area contributed by atoms with Crippen molar-refractivity contribution in [3.63, 3.8) is 0 Å². The number of hydrogen-bond donors (Lipinski definition) is 2. The molecule has 0 bridgehead atoms. The van der Waals surface area contributed by atoms with Crippen molar-refractivity contribution in [2.75, 3.05) is 0 Å². The van der Waals surface area contributed by atoms with Crippen LogP contribution in [0, 0.1) is 0 Å². The van der Waals surface area contributed by atoms with E-state index < -0.39 is 8.25 Å². The van der Waals surface area contributed by atoms with Crippen molar-refractivity contribution >= 4 is 8.25 Å². The summed E-state index contributed by atoms with van der Waals surface area (Å²) < 4.78 is 8.70. The maximum absolute atomic E-state index is 8.70. The lowest BCUT2D eigenvalue weighted by Crippen LogP contribution is -1.94. The molecule has 11 heavy (non-hydrogen) atoms. The van der Waals surface area contributed by atoms with E-state index in [-0.39, 0.29) is 0 Å². The first-order chi connectivity index (χ1) is 5.08. The molecule has 0 rings (SSSR count). The highest BCUT2D eigenvalue weighted by atomic mass is 31.1. The molecule has 0 aromatic rings. The fourth-order valence-corrected chi connectivity index (χ4v) is 0.224. The molecule has 0 spiro atoms. The molecule has 2 N–H and O–H groups in total. The van der Waals surface area contributed by atoms with Crippen LogP contribution < -0.4 is 0 Å². The molecule has 0 fully saturated rings. The SMILES string of the molecule is C=CN(C=C)C=C.O=[P+](O)O. The molecule has 0 radical (unpaired) electrons. The Labute approximate surface area is 66.7 Å². The van der Waals surface area contributed by atoms with E-state index in [0.717, 1.165) is 0 Å². The second-order valence-electron chi connectivity index (χ2n) is 1.25. The van der Waals surface area contributed by atoms with Crippen LogP contribution in [0.3, 0.4) is 0 Å². The molecule has 5 heteroatoms. The molecule has 4 nitrogen and oxygen atoms in total. The van der Waals surface area contributed by atoms with Crippen molar-refractivity contribution in [3.8, 4) is 0 Å². The summed E-state index contributed by atoms with van der Waals surface area (Å²) in [6.45, 7) is 10.5. The minimum atomic E-state index is -2.87. The van der Waals surface area contributed by atoms with Crippen LogP contribution >= 0.6 is 8.25 Å². The summed E-state index contributed by atoms with van der Waals surface area (Å²) in [5.41, 5.74) is 0. The number of hydrogen-bond acceptors (Lipinski definition) is 2. The van der Waals surface area contributed by atoms with Crippen molar-refractivity contribution in [1.29, 1.82) is 0 Å². The fraction of sp³-hybridized carbons (Fsp3) is 0. The van der Waals surface area contributed by atoms with Crippen LogP contribution in [-0.2, 0) is 4.57 Å². The fourth-order valence-electron chi connectivity index (χ4n) is 0.224. The van der Waals surface area contributed by atoms with Gasteiger partial charge in [0.25, 0.3) is 0 Å². The van der Waals surface area contributed by atoms with Gasteiger partial charge in [-0.3, -0.25) is 0 Å². The predicted octanol–water partition coefficient (Wildman–Crippen LogP) is 1.35. The molecule has 0 unspecified atom stereocenters. The molecule has 0 heterocycles. The van der Waals surface area contributed by atoms with Gasteiger partial charge < -0.3 is 4.90 Å². The first-order valence-corrected chi connectivity index (χ1v) is 3.75. The Balaban J connectivity index is 0. The highest BCUT2D eigenvalue weighted by Gasteiger charge is 1.93. The Bertz CT molecular complexity index is 135. The third-order valence-corrected chi connectivity index (χ3v) is 0.632. The second-order valence-corrected chi connectivity index (χ2v) is 1.75. The Morgan fingerprint density at radius 3 is 1.27 bits per heavy atom. The molecule has 0 aliphatic rings. The Hall–Kier alpha value is -0.960. The smallest absolute Gasteiger partial charge is 0.332 e. The van der Waals surface area contributed by atoms with Crippen LogP contribution in [0.1, 0.15) is 0 Å². The van der Waals surface area contributed by atoms with E-state index in [1.165, 1.54) is 0 Å². The third-order valence-electron chi connectivity index (χ3n) is 0.632. The van der Waals surface area contributed by atoms with Crippen LogP contribution in [0.25, 0.3) is 0 Å². The molecule has 0 atom stereocenters. The van der Waals surface area contributed by atoms with Gasteiger partial charge in [-0.2, -0.15) is 0 Å². The molecular formula is C6H11NO3P+. The molecule has 0 saturated heterocycles. The van der Waals surface area contributed by atoms with Crippen LogP contribution in [0.5, 0.6) is 0 Å². The Morgan fingerprint density at radius 2 is 1.27 bits per heavy atom. The molecule has 0 amide bonds. The lowest BCUT2D eigenvalue weighted by Gasteiger charge is -2.03. The lowest BCUT2D eigenvalue weighted by atomic mass is 10.7. The summed E-state index contributed by atoms with van der Waals surface area (Å²) in [7, 11) is -2.87. The summed E-state index contributed by atoms with van der Waals surface area (Å²) in [6, 6.07) is 0. The van der Waals surface area contributed by atoms with Crippen molar-refractivity contribution in [2.45, 2.75) is 0 Å². The molecule has 0 aromatic heterocycles. The van der Waals surface area contributed by atoms with Gasteiger partial charge in [0.1, 0.15) is 0 Å². The van der Waals surface area contributed by atoms with Crippen LogP contribution in [0.2, 0.25) is 0 Å². The normalized spacial score (nSPS) is 6.73. The van der Waals surface area contributed by atoms with Gasteiger partial charge >= 0.3 is 8.25 Å². The highest BCUT2D eigenvalue weighted by molar-refractivity contribution is 7.30. The van der Waals surface area contributed by atoms with E-state index in [1.807, 2.05) is 0 Å². The maximum atomic E-state index is 8.70. The first kappa shape index (κ1) is 12.7. The van der Waals surface area contributed by atoms with E-state index in [4.69, 9.17) is 14.4 Å². The predicted molar refractivity (Wildman–Crippen MR) is 44.5 cm³/mol. The lowest BCUT2D eigenvalue weighted by molar-refractivity contribution is 0.405. The molecular weight excluding hydrogens is 165 g/mol. The highest BCUT2D eigenvalue weighted by Crippen LogP contribution is 1.98. The van der Waals surface area contributed by atoms with Crippen LogP contribution in [-0.4, -0.2) is 14.7 Å². The summed E-state index contributed by atoms with van der Waals surface area (Å²) in [6.07, 6.45) is 4.88. The molecule has 0 aliphatic heterocycles. The van der Waals surface area contributed by atoms with Gasteiger partial charge in [0, 0.05) is 23.2 Å².